The predicted molar refractivity (Wildman–Crippen MR) is 133 cm³/mol. The molecule has 0 atom stereocenters. The van der Waals surface area contributed by atoms with Crippen LogP contribution in [0.3, 0.4) is 0 Å². The number of carbonyl (C=O) groups excluding carboxylic acids is 1. The van der Waals surface area contributed by atoms with Crippen LogP contribution in [0.1, 0.15) is 33.7 Å². The minimum Gasteiger partial charge on any atom is -0.492 e. The molecule has 0 aliphatic heterocycles. The SMILES string of the molecule is Cc1ccc(C(=O)NCCCc2nc3ccccc3n2CCOc2ccc(Cl)c(C)c2)cc1. The fourth-order valence-electron chi connectivity index (χ4n) is 3.78. The number of para-hydroxylation sites is 2. The van der Waals surface area contributed by atoms with Gasteiger partial charge in [0.1, 0.15) is 18.2 Å². The van der Waals surface area contributed by atoms with Gasteiger partial charge in [-0.15, -0.1) is 0 Å². The van der Waals surface area contributed by atoms with E-state index in [0.29, 0.717) is 25.3 Å². The second-order valence-corrected chi connectivity index (χ2v) is 8.56. The van der Waals surface area contributed by atoms with Gasteiger partial charge in [-0.2, -0.15) is 0 Å². The summed E-state index contributed by atoms with van der Waals surface area (Å²) in [5, 5.41) is 3.74. The van der Waals surface area contributed by atoms with E-state index in [1.54, 1.807) is 0 Å². The van der Waals surface area contributed by atoms with Gasteiger partial charge in [0, 0.05) is 23.6 Å². The summed E-state index contributed by atoms with van der Waals surface area (Å²) in [7, 11) is 0. The highest BCUT2D eigenvalue weighted by atomic mass is 35.5. The van der Waals surface area contributed by atoms with E-state index >= 15 is 0 Å². The second kappa shape index (κ2) is 10.5. The van der Waals surface area contributed by atoms with Crippen LogP contribution >= 0.6 is 11.6 Å². The van der Waals surface area contributed by atoms with Gasteiger partial charge in [0.05, 0.1) is 17.6 Å². The molecule has 0 saturated heterocycles. The number of rotatable bonds is 9. The Bertz CT molecular complexity index is 1250. The number of aryl methyl sites for hydroxylation is 3. The lowest BCUT2D eigenvalue weighted by Crippen LogP contribution is -2.25. The van der Waals surface area contributed by atoms with Crippen molar-refractivity contribution < 1.29 is 9.53 Å². The number of halogens is 1. The Balaban J connectivity index is 1.36. The number of hydrogen-bond acceptors (Lipinski definition) is 3. The van der Waals surface area contributed by atoms with E-state index in [1.165, 1.54) is 0 Å². The van der Waals surface area contributed by atoms with E-state index in [9.17, 15) is 4.79 Å². The topological polar surface area (TPSA) is 56.2 Å². The predicted octanol–water partition coefficient (Wildman–Crippen LogP) is 5.75. The van der Waals surface area contributed by atoms with Crippen molar-refractivity contribution in [2.75, 3.05) is 13.2 Å². The van der Waals surface area contributed by atoms with E-state index in [1.807, 2.05) is 74.5 Å². The molecule has 0 saturated carbocycles. The lowest BCUT2D eigenvalue weighted by Gasteiger charge is -2.12. The summed E-state index contributed by atoms with van der Waals surface area (Å²) in [5.74, 6) is 1.76. The molecule has 1 heterocycles. The molecule has 0 unspecified atom stereocenters. The number of nitrogens with one attached hydrogen (secondary N) is 1. The Morgan fingerprint density at radius 3 is 2.64 bits per heavy atom. The van der Waals surface area contributed by atoms with Crippen molar-refractivity contribution in [2.45, 2.75) is 33.2 Å². The largest absolute Gasteiger partial charge is 0.492 e. The Morgan fingerprint density at radius 1 is 1.06 bits per heavy atom. The smallest absolute Gasteiger partial charge is 0.251 e. The summed E-state index contributed by atoms with van der Waals surface area (Å²) >= 11 is 6.11. The lowest BCUT2D eigenvalue weighted by atomic mass is 10.1. The van der Waals surface area contributed by atoms with Crippen molar-refractivity contribution in [1.82, 2.24) is 14.9 Å². The van der Waals surface area contributed by atoms with Crippen molar-refractivity contribution in [3.63, 3.8) is 0 Å². The number of benzene rings is 3. The van der Waals surface area contributed by atoms with Gasteiger partial charge in [0.15, 0.2) is 0 Å². The molecule has 1 aromatic heterocycles. The summed E-state index contributed by atoms with van der Waals surface area (Å²) in [6.45, 7) is 5.78. The van der Waals surface area contributed by atoms with Gasteiger partial charge in [0.25, 0.3) is 5.91 Å². The molecule has 0 aliphatic carbocycles. The zero-order chi connectivity index (χ0) is 23.2. The molecule has 0 fully saturated rings. The van der Waals surface area contributed by atoms with Gasteiger partial charge < -0.3 is 14.6 Å². The Kier molecular flexibility index (Phi) is 7.30. The van der Waals surface area contributed by atoms with E-state index < -0.39 is 0 Å². The van der Waals surface area contributed by atoms with E-state index in [-0.39, 0.29) is 5.91 Å². The molecule has 4 aromatic rings. The molecule has 0 radical (unpaired) electrons. The monoisotopic (exact) mass is 461 g/mol. The fourth-order valence-corrected chi connectivity index (χ4v) is 3.90. The summed E-state index contributed by atoms with van der Waals surface area (Å²) in [6.07, 6.45) is 1.57. The first-order chi connectivity index (χ1) is 16.0. The quantitative estimate of drug-likeness (QED) is 0.323. The highest BCUT2D eigenvalue weighted by Crippen LogP contribution is 2.22. The molecule has 5 nitrogen and oxygen atoms in total. The van der Waals surface area contributed by atoms with Crippen LogP contribution in [0.15, 0.2) is 66.7 Å². The first-order valence-corrected chi connectivity index (χ1v) is 11.6. The average Bonchev–Trinajstić information content (AvgIpc) is 3.17. The molecule has 33 heavy (non-hydrogen) atoms. The van der Waals surface area contributed by atoms with Gasteiger partial charge in [-0.05, 0) is 68.3 Å². The van der Waals surface area contributed by atoms with Crippen LogP contribution in [-0.2, 0) is 13.0 Å². The van der Waals surface area contributed by atoms with Gasteiger partial charge in [-0.1, -0.05) is 41.4 Å². The number of amides is 1. The third-order valence-corrected chi connectivity index (χ3v) is 6.05. The number of carbonyl (C=O) groups is 1. The maximum absolute atomic E-state index is 12.3. The third kappa shape index (κ3) is 5.74. The van der Waals surface area contributed by atoms with Crippen LogP contribution in [0.5, 0.6) is 5.75 Å². The maximum Gasteiger partial charge on any atom is 0.251 e. The summed E-state index contributed by atoms with van der Waals surface area (Å²) in [6, 6.07) is 21.4. The fraction of sp³-hybridized carbons (Fsp3) is 0.259. The number of nitrogens with zero attached hydrogens (tertiary/aromatic N) is 2. The molecular formula is C27H28ClN3O2. The third-order valence-electron chi connectivity index (χ3n) is 5.62. The van der Waals surface area contributed by atoms with Crippen molar-refractivity contribution in [2.24, 2.45) is 0 Å². The first kappa shape index (κ1) is 22.9. The maximum atomic E-state index is 12.3. The molecule has 0 aliphatic rings. The van der Waals surface area contributed by atoms with Crippen LogP contribution in [-0.4, -0.2) is 28.6 Å². The minimum absolute atomic E-state index is 0.0461. The zero-order valence-electron chi connectivity index (χ0n) is 19.0. The Labute approximate surface area is 199 Å². The molecule has 4 rings (SSSR count). The molecule has 6 heteroatoms. The summed E-state index contributed by atoms with van der Waals surface area (Å²) in [5.41, 5.74) is 4.88. The molecule has 0 bridgehead atoms. The molecule has 1 N–H and O–H groups in total. The molecule has 1 amide bonds. The van der Waals surface area contributed by atoms with Gasteiger partial charge in [-0.25, -0.2) is 4.98 Å². The number of hydrogen-bond donors (Lipinski definition) is 1. The molecule has 3 aromatic carbocycles. The van der Waals surface area contributed by atoms with Crippen molar-refractivity contribution in [1.29, 1.82) is 0 Å². The van der Waals surface area contributed by atoms with Gasteiger partial charge in [0.2, 0.25) is 0 Å². The summed E-state index contributed by atoms with van der Waals surface area (Å²) in [4.78, 5) is 17.2. The average molecular weight is 462 g/mol. The van der Waals surface area contributed by atoms with Crippen LogP contribution in [0.2, 0.25) is 5.02 Å². The Morgan fingerprint density at radius 2 is 1.85 bits per heavy atom. The van der Waals surface area contributed by atoms with E-state index in [4.69, 9.17) is 21.3 Å². The highest BCUT2D eigenvalue weighted by molar-refractivity contribution is 6.31. The number of fused-ring (bicyclic) bond motifs is 1. The number of aromatic nitrogens is 2. The molecular weight excluding hydrogens is 434 g/mol. The minimum atomic E-state index is -0.0461. The standard InChI is InChI=1S/C27H28ClN3O2/c1-19-9-11-21(12-10-19)27(32)29-15-5-8-26-30-24-6-3-4-7-25(24)31(26)16-17-33-22-13-14-23(28)20(2)18-22/h3-4,6-7,9-14,18H,5,8,15-17H2,1-2H3,(H,29,32). The van der Waals surface area contributed by atoms with Crippen LogP contribution in [0.4, 0.5) is 0 Å². The van der Waals surface area contributed by atoms with Crippen LogP contribution in [0, 0.1) is 13.8 Å². The molecule has 0 spiro atoms. The van der Waals surface area contributed by atoms with Crippen molar-refractivity contribution in [3.05, 3.63) is 94.3 Å². The highest BCUT2D eigenvalue weighted by Gasteiger charge is 2.11. The second-order valence-electron chi connectivity index (χ2n) is 8.15. The first-order valence-electron chi connectivity index (χ1n) is 11.2. The number of imidazole rings is 1. The zero-order valence-corrected chi connectivity index (χ0v) is 19.7. The van der Waals surface area contributed by atoms with Gasteiger partial charge >= 0.3 is 0 Å². The van der Waals surface area contributed by atoms with E-state index in [0.717, 1.165) is 51.6 Å². The van der Waals surface area contributed by atoms with Crippen molar-refractivity contribution in [3.8, 4) is 5.75 Å². The van der Waals surface area contributed by atoms with Crippen LogP contribution in [0.25, 0.3) is 11.0 Å². The lowest BCUT2D eigenvalue weighted by molar-refractivity contribution is 0.0953. The van der Waals surface area contributed by atoms with Crippen LogP contribution < -0.4 is 10.1 Å². The normalized spacial score (nSPS) is 11.0. The van der Waals surface area contributed by atoms with Crippen molar-refractivity contribution >= 4 is 28.5 Å². The summed E-state index contributed by atoms with van der Waals surface area (Å²) < 4.78 is 8.18. The molecule has 170 valence electrons. The number of ether oxygens (including phenoxy) is 1. The van der Waals surface area contributed by atoms with E-state index in [2.05, 4.69) is 16.0 Å². The van der Waals surface area contributed by atoms with Gasteiger partial charge in [-0.3, -0.25) is 4.79 Å². The Hall–Kier alpha value is -3.31.